The summed E-state index contributed by atoms with van der Waals surface area (Å²) in [5.41, 5.74) is 1.01. The molecule has 0 atom stereocenters. The molecule has 0 radical (unpaired) electrons. The number of halogens is 1. The minimum Gasteiger partial charge on any atom is -0.486 e. The fraction of sp³-hybridized carbons (Fsp3) is 0.500. The summed E-state index contributed by atoms with van der Waals surface area (Å²) < 4.78 is 11.0. The topological polar surface area (TPSA) is 50.8 Å². The molecule has 6 heteroatoms. The second kappa shape index (κ2) is 6.81. The summed E-state index contributed by atoms with van der Waals surface area (Å²) in [6.45, 7) is 2.33. The van der Waals surface area contributed by atoms with E-state index in [1.54, 1.807) is 19.0 Å². The largest absolute Gasteiger partial charge is 0.486 e. The fourth-order valence-electron chi connectivity index (χ4n) is 1.92. The van der Waals surface area contributed by atoms with Gasteiger partial charge in [0.1, 0.15) is 13.2 Å². The van der Waals surface area contributed by atoms with Crippen molar-refractivity contribution >= 4 is 17.5 Å². The molecule has 2 rings (SSSR count). The molecule has 0 spiro atoms. The van der Waals surface area contributed by atoms with Gasteiger partial charge in [-0.25, -0.2) is 0 Å². The molecule has 1 aliphatic heterocycles. The Morgan fingerprint density at radius 1 is 1.35 bits per heavy atom. The van der Waals surface area contributed by atoms with Crippen LogP contribution in [0.4, 0.5) is 0 Å². The highest BCUT2D eigenvalue weighted by Crippen LogP contribution is 2.38. The predicted octanol–water partition coefficient (Wildman–Crippen LogP) is 1.68. The first-order valence-electron chi connectivity index (χ1n) is 6.57. The van der Waals surface area contributed by atoms with Crippen molar-refractivity contribution in [1.82, 2.24) is 10.2 Å². The molecule has 1 aromatic rings. The number of rotatable bonds is 5. The second-order valence-electron chi connectivity index (χ2n) is 4.82. The summed E-state index contributed by atoms with van der Waals surface area (Å²) in [5, 5.41) is 3.78. The number of amides is 1. The molecule has 0 saturated heterocycles. The highest BCUT2D eigenvalue weighted by Gasteiger charge is 2.16. The summed E-state index contributed by atoms with van der Waals surface area (Å²) in [5.74, 6) is 1.41. The van der Waals surface area contributed by atoms with Crippen LogP contribution < -0.4 is 14.8 Å². The Balaban J connectivity index is 1.87. The van der Waals surface area contributed by atoms with Gasteiger partial charge in [-0.05, 0) is 17.7 Å². The Morgan fingerprint density at radius 2 is 2.10 bits per heavy atom. The highest BCUT2D eigenvalue weighted by molar-refractivity contribution is 6.32. The number of carbonyl (C=O) groups is 1. The summed E-state index contributed by atoms with van der Waals surface area (Å²) in [4.78, 5) is 13.0. The van der Waals surface area contributed by atoms with Gasteiger partial charge in [-0.3, -0.25) is 4.79 Å². The Labute approximate surface area is 123 Å². The first kappa shape index (κ1) is 14.9. The van der Waals surface area contributed by atoms with Crippen LogP contribution in [0, 0.1) is 0 Å². The maximum atomic E-state index is 11.4. The molecule has 110 valence electrons. The zero-order valence-corrected chi connectivity index (χ0v) is 12.5. The van der Waals surface area contributed by atoms with Crippen molar-refractivity contribution < 1.29 is 14.3 Å². The van der Waals surface area contributed by atoms with Gasteiger partial charge in [-0.15, -0.1) is 0 Å². The van der Waals surface area contributed by atoms with E-state index in [1.165, 1.54) is 0 Å². The van der Waals surface area contributed by atoms with Gasteiger partial charge in [-0.2, -0.15) is 0 Å². The number of fused-ring (bicyclic) bond motifs is 1. The number of hydrogen-bond donors (Lipinski definition) is 1. The lowest BCUT2D eigenvalue weighted by atomic mass is 10.2. The van der Waals surface area contributed by atoms with Crippen molar-refractivity contribution in [3.8, 4) is 11.5 Å². The Morgan fingerprint density at radius 3 is 2.85 bits per heavy atom. The fourth-order valence-corrected chi connectivity index (χ4v) is 2.21. The van der Waals surface area contributed by atoms with Crippen molar-refractivity contribution in [2.45, 2.75) is 13.0 Å². The molecule has 20 heavy (non-hydrogen) atoms. The van der Waals surface area contributed by atoms with Crippen LogP contribution in [0.5, 0.6) is 11.5 Å². The van der Waals surface area contributed by atoms with Crippen LogP contribution in [0.2, 0.25) is 5.02 Å². The minimum absolute atomic E-state index is 0.109. The third-order valence-corrected chi connectivity index (χ3v) is 3.28. The van der Waals surface area contributed by atoms with E-state index in [4.69, 9.17) is 21.1 Å². The molecule has 0 aromatic heterocycles. The molecule has 1 aromatic carbocycles. The predicted molar refractivity (Wildman–Crippen MR) is 77.5 cm³/mol. The van der Waals surface area contributed by atoms with E-state index < -0.39 is 0 Å². The van der Waals surface area contributed by atoms with E-state index in [1.807, 2.05) is 12.1 Å². The maximum absolute atomic E-state index is 11.4. The van der Waals surface area contributed by atoms with Crippen molar-refractivity contribution in [1.29, 1.82) is 0 Å². The number of ether oxygens (including phenoxy) is 2. The zero-order chi connectivity index (χ0) is 14.5. The van der Waals surface area contributed by atoms with Crippen LogP contribution >= 0.6 is 11.6 Å². The van der Waals surface area contributed by atoms with E-state index in [0.717, 1.165) is 5.56 Å². The van der Waals surface area contributed by atoms with Crippen LogP contribution in [0.3, 0.4) is 0 Å². The normalized spacial score (nSPS) is 13.2. The smallest absolute Gasteiger partial charge is 0.223 e. The van der Waals surface area contributed by atoms with Crippen molar-refractivity contribution in [2.24, 2.45) is 0 Å². The quantitative estimate of drug-likeness (QED) is 0.840. The molecule has 5 nitrogen and oxygen atoms in total. The Hall–Kier alpha value is -1.46. The molecule has 0 unspecified atom stereocenters. The number of benzene rings is 1. The van der Waals surface area contributed by atoms with Crippen LogP contribution in [0.1, 0.15) is 12.0 Å². The van der Waals surface area contributed by atoms with Crippen molar-refractivity contribution in [3.05, 3.63) is 22.7 Å². The van der Waals surface area contributed by atoms with Gasteiger partial charge in [0.15, 0.2) is 11.5 Å². The SMILES string of the molecule is CN(C)C(=O)CCNCc1cc(Cl)c2c(c1)OCCO2. The average molecular weight is 299 g/mol. The summed E-state index contributed by atoms with van der Waals surface area (Å²) >= 11 is 6.16. The van der Waals surface area contributed by atoms with Gasteiger partial charge < -0.3 is 19.7 Å². The van der Waals surface area contributed by atoms with Gasteiger partial charge >= 0.3 is 0 Å². The molecule has 0 saturated carbocycles. The van der Waals surface area contributed by atoms with Crippen LogP contribution in [0.25, 0.3) is 0 Å². The lowest BCUT2D eigenvalue weighted by Crippen LogP contribution is -2.26. The lowest BCUT2D eigenvalue weighted by Gasteiger charge is -2.20. The number of carbonyl (C=O) groups excluding carboxylic acids is 1. The Bertz CT molecular complexity index is 492. The van der Waals surface area contributed by atoms with Crippen molar-refractivity contribution in [2.75, 3.05) is 33.9 Å². The standard InChI is InChI=1S/C14H19ClN2O3/c1-17(2)13(18)3-4-16-9-10-7-11(15)14-12(8-10)19-5-6-20-14/h7-8,16H,3-6,9H2,1-2H3. The summed E-state index contributed by atoms with van der Waals surface area (Å²) in [7, 11) is 3.51. The van der Waals surface area contributed by atoms with Gasteiger partial charge in [0.05, 0.1) is 5.02 Å². The maximum Gasteiger partial charge on any atom is 0.223 e. The number of nitrogens with zero attached hydrogens (tertiary/aromatic N) is 1. The minimum atomic E-state index is 0.109. The molecule has 1 N–H and O–H groups in total. The van der Waals surface area contributed by atoms with E-state index >= 15 is 0 Å². The monoisotopic (exact) mass is 298 g/mol. The van der Waals surface area contributed by atoms with E-state index in [9.17, 15) is 4.79 Å². The lowest BCUT2D eigenvalue weighted by molar-refractivity contribution is -0.128. The van der Waals surface area contributed by atoms with Gasteiger partial charge in [-0.1, -0.05) is 11.6 Å². The second-order valence-corrected chi connectivity index (χ2v) is 5.22. The zero-order valence-electron chi connectivity index (χ0n) is 11.7. The van der Waals surface area contributed by atoms with E-state index in [0.29, 0.717) is 49.2 Å². The van der Waals surface area contributed by atoms with Gasteiger partial charge in [0, 0.05) is 33.6 Å². The number of hydrogen-bond acceptors (Lipinski definition) is 4. The third-order valence-electron chi connectivity index (χ3n) is 3.00. The van der Waals surface area contributed by atoms with Crippen molar-refractivity contribution in [3.63, 3.8) is 0 Å². The van der Waals surface area contributed by atoms with Crippen LogP contribution in [-0.4, -0.2) is 44.7 Å². The van der Waals surface area contributed by atoms with Gasteiger partial charge in [0.25, 0.3) is 0 Å². The molecule has 1 heterocycles. The average Bonchev–Trinajstić information content (AvgIpc) is 2.43. The molecular formula is C14H19ClN2O3. The molecule has 0 aliphatic carbocycles. The highest BCUT2D eigenvalue weighted by atomic mass is 35.5. The van der Waals surface area contributed by atoms with E-state index in [-0.39, 0.29) is 5.91 Å². The first-order valence-corrected chi connectivity index (χ1v) is 6.94. The van der Waals surface area contributed by atoms with Gasteiger partial charge in [0.2, 0.25) is 5.91 Å². The summed E-state index contributed by atoms with van der Waals surface area (Å²) in [6, 6.07) is 3.77. The summed E-state index contributed by atoms with van der Waals surface area (Å²) in [6.07, 6.45) is 0.477. The first-order chi connectivity index (χ1) is 9.58. The molecule has 0 fully saturated rings. The molecule has 1 aliphatic rings. The number of nitrogens with one attached hydrogen (secondary N) is 1. The molecule has 1 amide bonds. The van der Waals surface area contributed by atoms with E-state index in [2.05, 4.69) is 5.32 Å². The van der Waals surface area contributed by atoms with Crippen LogP contribution in [0.15, 0.2) is 12.1 Å². The molecule has 0 bridgehead atoms. The Kier molecular flexibility index (Phi) is 5.09. The third kappa shape index (κ3) is 3.77. The van der Waals surface area contributed by atoms with Crippen LogP contribution in [-0.2, 0) is 11.3 Å². The molecular weight excluding hydrogens is 280 g/mol.